The first-order chi connectivity index (χ1) is 11.7. The second-order valence-electron chi connectivity index (χ2n) is 5.45. The molecular weight excluding hydrogens is 302 g/mol. The zero-order valence-corrected chi connectivity index (χ0v) is 14.6. The second kappa shape index (κ2) is 8.96. The Hall–Kier alpha value is -2.49. The summed E-state index contributed by atoms with van der Waals surface area (Å²) in [7, 11) is 0. The summed E-state index contributed by atoms with van der Waals surface area (Å²) in [6.45, 7) is 7.20. The molecule has 0 saturated carbocycles. The summed E-state index contributed by atoms with van der Waals surface area (Å²) in [4.78, 5) is 12.4. The first kappa shape index (κ1) is 17.9. The Labute approximate surface area is 143 Å². The first-order valence-corrected chi connectivity index (χ1v) is 8.47. The largest absolute Gasteiger partial charge is 0.490 e. The minimum atomic E-state index is -0.165. The summed E-state index contributed by atoms with van der Waals surface area (Å²) in [5.74, 6) is 1.10. The number of carbonyl (C=O) groups excluding carboxylic acids is 1. The van der Waals surface area contributed by atoms with E-state index in [0.29, 0.717) is 30.3 Å². The minimum absolute atomic E-state index is 0.165. The third-order valence-corrected chi connectivity index (χ3v) is 3.59. The molecule has 4 heteroatoms. The molecule has 0 spiro atoms. The van der Waals surface area contributed by atoms with Crippen LogP contribution in [0.25, 0.3) is 0 Å². The lowest BCUT2D eigenvalue weighted by atomic mass is 10.1. The molecule has 0 bridgehead atoms. The van der Waals surface area contributed by atoms with Gasteiger partial charge in [0, 0.05) is 11.3 Å². The van der Waals surface area contributed by atoms with Crippen molar-refractivity contribution in [1.82, 2.24) is 0 Å². The van der Waals surface area contributed by atoms with Gasteiger partial charge >= 0.3 is 0 Å². The molecule has 0 atom stereocenters. The average Bonchev–Trinajstić information content (AvgIpc) is 2.61. The predicted octanol–water partition coefficient (Wildman–Crippen LogP) is 4.69. The fourth-order valence-corrected chi connectivity index (χ4v) is 2.28. The number of hydrogen-bond acceptors (Lipinski definition) is 3. The highest BCUT2D eigenvalue weighted by atomic mass is 16.5. The Morgan fingerprint density at radius 3 is 2.33 bits per heavy atom. The molecule has 128 valence electrons. The first-order valence-electron chi connectivity index (χ1n) is 8.47. The lowest BCUT2D eigenvalue weighted by molar-refractivity contribution is 0.102. The van der Waals surface area contributed by atoms with Gasteiger partial charge in [-0.2, -0.15) is 0 Å². The van der Waals surface area contributed by atoms with Gasteiger partial charge in [-0.05, 0) is 55.7 Å². The molecule has 0 aromatic heterocycles. The molecule has 0 aliphatic heterocycles. The quantitative estimate of drug-likeness (QED) is 0.765. The molecule has 0 fully saturated rings. The molecule has 1 amide bonds. The number of amides is 1. The average molecular weight is 327 g/mol. The summed E-state index contributed by atoms with van der Waals surface area (Å²) >= 11 is 0. The highest BCUT2D eigenvalue weighted by molar-refractivity contribution is 6.04. The van der Waals surface area contributed by atoms with Crippen molar-refractivity contribution in [3.05, 3.63) is 53.6 Å². The third kappa shape index (κ3) is 4.75. The molecule has 4 nitrogen and oxygen atoms in total. The van der Waals surface area contributed by atoms with E-state index >= 15 is 0 Å². The second-order valence-corrected chi connectivity index (χ2v) is 5.45. The SMILES string of the molecule is CCCOc1ccc(C(=O)Nc2ccc(CC)cc2)cc1OCC. The number of rotatable bonds is 8. The molecule has 0 aliphatic carbocycles. The van der Waals surface area contributed by atoms with Crippen LogP contribution >= 0.6 is 0 Å². The van der Waals surface area contributed by atoms with E-state index in [-0.39, 0.29) is 5.91 Å². The van der Waals surface area contributed by atoms with E-state index in [2.05, 4.69) is 12.2 Å². The van der Waals surface area contributed by atoms with Gasteiger partial charge in [0.05, 0.1) is 13.2 Å². The zero-order chi connectivity index (χ0) is 17.4. The molecule has 24 heavy (non-hydrogen) atoms. The molecule has 0 aliphatic rings. The maximum Gasteiger partial charge on any atom is 0.255 e. The standard InChI is InChI=1S/C20H25NO3/c1-4-13-24-18-12-9-16(14-19(18)23-6-3)20(22)21-17-10-7-15(5-2)8-11-17/h7-12,14H,4-6,13H2,1-3H3,(H,21,22). The van der Waals surface area contributed by atoms with Crippen molar-refractivity contribution in [2.24, 2.45) is 0 Å². The van der Waals surface area contributed by atoms with Crippen LogP contribution in [0.1, 0.15) is 43.1 Å². The number of anilines is 1. The zero-order valence-electron chi connectivity index (χ0n) is 14.6. The van der Waals surface area contributed by atoms with Gasteiger partial charge < -0.3 is 14.8 Å². The van der Waals surface area contributed by atoms with Gasteiger partial charge in [-0.25, -0.2) is 0 Å². The highest BCUT2D eigenvalue weighted by Gasteiger charge is 2.12. The number of ether oxygens (including phenoxy) is 2. The molecule has 1 N–H and O–H groups in total. The highest BCUT2D eigenvalue weighted by Crippen LogP contribution is 2.29. The number of benzene rings is 2. The van der Waals surface area contributed by atoms with Crippen LogP contribution in [0, 0.1) is 0 Å². The molecule has 0 unspecified atom stereocenters. The van der Waals surface area contributed by atoms with Crippen LogP contribution in [-0.4, -0.2) is 19.1 Å². The van der Waals surface area contributed by atoms with Crippen molar-refractivity contribution in [3.63, 3.8) is 0 Å². The van der Waals surface area contributed by atoms with Gasteiger partial charge in [0.15, 0.2) is 11.5 Å². The summed E-state index contributed by atoms with van der Waals surface area (Å²) in [6, 6.07) is 13.1. The third-order valence-electron chi connectivity index (χ3n) is 3.59. The summed E-state index contributed by atoms with van der Waals surface area (Å²) in [5, 5.41) is 2.91. The smallest absolute Gasteiger partial charge is 0.255 e. The van der Waals surface area contributed by atoms with Crippen molar-refractivity contribution in [1.29, 1.82) is 0 Å². The van der Waals surface area contributed by atoms with Gasteiger partial charge in [-0.1, -0.05) is 26.0 Å². The number of hydrogen-bond donors (Lipinski definition) is 1. The molecule has 2 aromatic rings. The normalized spacial score (nSPS) is 10.3. The Morgan fingerprint density at radius 2 is 1.71 bits per heavy atom. The van der Waals surface area contributed by atoms with E-state index in [4.69, 9.17) is 9.47 Å². The van der Waals surface area contributed by atoms with Crippen LogP contribution in [0.5, 0.6) is 11.5 Å². The van der Waals surface area contributed by atoms with Crippen molar-refractivity contribution in [2.75, 3.05) is 18.5 Å². The maximum absolute atomic E-state index is 12.4. The van der Waals surface area contributed by atoms with Gasteiger partial charge in [-0.3, -0.25) is 4.79 Å². The Kier molecular flexibility index (Phi) is 6.67. The van der Waals surface area contributed by atoms with Gasteiger partial charge in [0.2, 0.25) is 0 Å². The van der Waals surface area contributed by atoms with Crippen molar-refractivity contribution >= 4 is 11.6 Å². The van der Waals surface area contributed by atoms with E-state index in [1.54, 1.807) is 18.2 Å². The fraction of sp³-hybridized carbons (Fsp3) is 0.350. The van der Waals surface area contributed by atoms with Crippen molar-refractivity contribution in [2.45, 2.75) is 33.6 Å². The van der Waals surface area contributed by atoms with Crippen LogP contribution in [0.3, 0.4) is 0 Å². The molecular formula is C20H25NO3. The van der Waals surface area contributed by atoms with Crippen LogP contribution in [0.4, 0.5) is 5.69 Å². The molecule has 2 rings (SSSR count). The van der Waals surface area contributed by atoms with Crippen LogP contribution in [0.15, 0.2) is 42.5 Å². The monoisotopic (exact) mass is 327 g/mol. The number of nitrogens with one attached hydrogen (secondary N) is 1. The van der Waals surface area contributed by atoms with Crippen LogP contribution < -0.4 is 14.8 Å². The molecule has 0 radical (unpaired) electrons. The van der Waals surface area contributed by atoms with E-state index in [0.717, 1.165) is 18.5 Å². The van der Waals surface area contributed by atoms with E-state index in [1.165, 1.54) is 5.56 Å². The number of aryl methyl sites for hydroxylation is 1. The maximum atomic E-state index is 12.4. The Bertz CT molecular complexity index is 665. The molecule has 0 saturated heterocycles. The number of carbonyl (C=O) groups is 1. The van der Waals surface area contributed by atoms with E-state index < -0.39 is 0 Å². The predicted molar refractivity (Wildman–Crippen MR) is 97.2 cm³/mol. The van der Waals surface area contributed by atoms with Gasteiger partial charge in [0.25, 0.3) is 5.91 Å². The topological polar surface area (TPSA) is 47.6 Å². The minimum Gasteiger partial charge on any atom is -0.490 e. The van der Waals surface area contributed by atoms with Crippen LogP contribution in [0.2, 0.25) is 0 Å². The van der Waals surface area contributed by atoms with Crippen molar-refractivity contribution in [3.8, 4) is 11.5 Å². The van der Waals surface area contributed by atoms with E-state index in [9.17, 15) is 4.79 Å². The van der Waals surface area contributed by atoms with Crippen LogP contribution in [-0.2, 0) is 6.42 Å². The summed E-state index contributed by atoms with van der Waals surface area (Å²) in [6.07, 6.45) is 1.90. The van der Waals surface area contributed by atoms with Crippen molar-refractivity contribution < 1.29 is 14.3 Å². The lowest BCUT2D eigenvalue weighted by Gasteiger charge is -2.13. The molecule has 2 aromatic carbocycles. The van der Waals surface area contributed by atoms with Gasteiger partial charge in [-0.15, -0.1) is 0 Å². The Balaban J connectivity index is 2.13. The summed E-state index contributed by atoms with van der Waals surface area (Å²) in [5.41, 5.74) is 2.56. The summed E-state index contributed by atoms with van der Waals surface area (Å²) < 4.78 is 11.3. The van der Waals surface area contributed by atoms with E-state index in [1.807, 2.05) is 38.1 Å². The Morgan fingerprint density at radius 1 is 0.958 bits per heavy atom. The lowest BCUT2D eigenvalue weighted by Crippen LogP contribution is -2.12. The fourth-order valence-electron chi connectivity index (χ4n) is 2.28. The van der Waals surface area contributed by atoms with Gasteiger partial charge in [0.1, 0.15) is 0 Å². The molecule has 0 heterocycles.